The number of nitrogens with two attached hydrogens (primary N) is 1. The number of methoxy groups -OCH3 is 1. The van der Waals surface area contributed by atoms with Crippen LogP contribution in [0.15, 0.2) is 42.5 Å². The van der Waals surface area contributed by atoms with Gasteiger partial charge in [-0.3, -0.25) is 0 Å². The molecule has 1 unspecified atom stereocenters. The van der Waals surface area contributed by atoms with Gasteiger partial charge in [-0.1, -0.05) is 30.3 Å². The van der Waals surface area contributed by atoms with Crippen molar-refractivity contribution in [3.8, 4) is 11.5 Å². The first-order valence-electron chi connectivity index (χ1n) is 6.93. The average molecular weight is 269 g/mol. The summed E-state index contributed by atoms with van der Waals surface area (Å²) in [5, 5.41) is 0. The lowest BCUT2D eigenvalue weighted by atomic mass is 10.1. The van der Waals surface area contributed by atoms with Crippen molar-refractivity contribution in [2.24, 2.45) is 5.73 Å². The third-order valence-corrected chi connectivity index (χ3v) is 3.81. The fourth-order valence-corrected chi connectivity index (χ4v) is 2.73. The molecule has 104 valence electrons. The topological polar surface area (TPSA) is 44.5 Å². The van der Waals surface area contributed by atoms with Crippen LogP contribution < -0.4 is 15.2 Å². The molecule has 0 spiro atoms. The van der Waals surface area contributed by atoms with Gasteiger partial charge in [0.2, 0.25) is 0 Å². The van der Waals surface area contributed by atoms with E-state index in [1.165, 1.54) is 11.1 Å². The van der Waals surface area contributed by atoms with Crippen LogP contribution in [0, 0.1) is 0 Å². The molecule has 3 rings (SSSR count). The molecule has 3 nitrogen and oxygen atoms in total. The molecule has 0 fully saturated rings. The standard InChI is InChI=1S/C17H19NO2/c1-19-16-8-6-12(11-18)10-17(16)20-15-9-7-13-4-2-3-5-14(13)15/h2-6,8,10,15H,7,9,11,18H2,1H3. The van der Waals surface area contributed by atoms with E-state index in [0.717, 1.165) is 29.9 Å². The third-order valence-electron chi connectivity index (χ3n) is 3.81. The molecule has 0 saturated heterocycles. The van der Waals surface area contributed by atoms with Crippen LogP contribution in [-0.2, 0) is 13.0 Å². The zero-order valence-corrected chi connectivity index (χ0v) is 11.6. The minimum Gasteiger partial charge on any atom is -0.493 e. The number of fused-ring (bicyclic) bond motifs is 1. The first-order chi connectivity index (χ1) is 9.81. The van der Waals surface area contributed by atoms with Crippen LogP contribution in [-0.4, -0.2) is 7.11 Å². The normalized spacial score (nSPS) is 16.8. The lowest BCUT2D eigenvalue weighted by Gasteiger charge is -2.18. The van der Waals surface area contributed by atoms with E-state index in [4.69, 9.17) is 15.2 Å². The van der Waals surface area contributed by atoms with Gasteiger partial charge in [-0.2, -0.15) is 0 Å². The summed E-state index contributed by atoms with van der Waals surface area (Å²) < 4.78 is 11.6. The van der Waals surface area contributed by atoms with Crippen LogP contribution in [0.1, 0.15) is 29.2 Å². The number of benzene rings is 2. The maximum Gasteiger partial charge on any atom is 0.162 e. The molecule has 0 saturated carbocycles. The molecule has 1 aliphatic rings. The molecular weight excluding hydrogens is 250 g/mol. The Morgan fingerprint density at radius 1 is 1.15 bits per heavy atom. The average Bonchev–Trinajstić information content (AvgIpc) is 2.90. The van der Waals surface area contributed by atoms with E-state index in [2.05, 4.69) is 24.3 Å². The van der Waals surface area contributed by atoms with Crippen molar-refractivity contribution in [1.82, 2.24) is 0 Å². The molecule has 0 heterocycles. The van der Waals surface area contributed by atoms with E-state index in [-0.39, 0.29) is 6.10 Å². The number of rotatable bonds is 4. The largest absolute Gasteiger partial charge is 0.493 e. The molecule has 3 heteroatoms. The molecule has 2 N–H and O–H groups in total. The summed E-state index contributed by atoms with van der Waals surface area (Å²) in [6.45, 7) is 0.502. The SMILES string of the molecule is COc1ccc(CN)cc1OC1CCc2ccccc21. The van der Waals surface area contributed by atoms with E-state index in [9.17, 15) is 0 Å². The number of aryl methyl sites for hydroxylation is 1. The van der Waals surface area contributed by atoms with Gasteiger partial charge in [0.15, 0.2) is 11.5 Å². The lowest BCUT2D eigenvalue weighted by Crippen LogP contribution is -2.06. The number of hydrogen-bond acceptors (Lipinski definition) is 3. The second-order valence-corrected chi connectivity index (χ2v) is 5.03. The third kappa shape index (κ3) is 2.37. The van der Waals surface area contributed by atoms with E-state index >= 15 is 0 Å². The monoisotopic (exact) mass is 269 g/mol. The van der Waals surface area contributed by atoms with Gasteiger partial charge >= 0.3 is 0 Å². The zero-order valence-electron chi connectivity index (χ0n) is 11.6. The summed E-state index contributed by atoms with van der Waals surface area (Å²) in [6, 6.07) is 14.3. The van der Waals surface area contributed by atoms with Crippen LogP contribution in [0.25, 0.3) is 0 Å². The van der Waals surface area contributed by atoms with Crippen LogP contribution in [0.4, 0.5) is 0 Å². The lowest BCUT2D eigenvalue weighted by molar-refractivity contribution is 0.198. The van der Waals surface area contributed by atoms with Crippen LogP contribution in [0.3, 0.4) is 0 Å². The Balaban J connectivity index is 1.88. The predicted octanol–water partition coefficient (Wildman–Crippen LogP) is 3.22. The Labute approximate surface area is 119 Å². The molecule has 2 aromatic rings. The molecule has 1 atom stereocenters. The van der Waals surface area contributed by atoms with Crippen molar-refractivity contribution < 1.29 is 9.47 Å². The van der Waals surface area contributed by atoms with Gasteiger partial charge in [0.25, 0.3) is 0 Å². The zero-order chi connectivity index (χ0) is 13.9. The van der Waals surface area contributed by atoms with Gasteiger partial charge in [0.05, 0.1) is 7.11 Å². The number of ether oxygens (including phenoxy) is 2. The fourth-order valence-electron chi connectivity index (χ4n) is 2.73. The maximum atomic E-state index is 6.19. The summed E-state index contributed by atoms with van der Waals surface area (Å²) in [5.74, 6) is 1.53. The molecule has 1 aliphatic carbocycles. The molecule has 0 bridgehead atoms. The molecule has 20 heavy (non-hydrogen) atoms. The summed E-state index contributed by atoms with van der Waals surface area (Å²) in [5.41, 5.74) is 9.41. The van der Waals surface area contributed by atoms with E-state index in [1.807, 2.05) is 18.2 Å². The molecular formula is C17H19NO2. The van der Waals surface area contributed by atoms with E-state index < -0.39 is 0 Å². The molecule has 2 aromatic carbocycles. The second-order valence-electron chi connectivity index (χ2n) is 5.03. The Hall–Kier alpha value is -2.00. The van der Waals surface area contributed by atoms with Crippen molar-refractivity contribution >= 4 is 0 Å². The van der Waals surface area contributed by atoms with Crippen molar-refractivity contribution in [3.05, 3.63) is 59.2 Å². The minimum atomic E-state index is 0.105. The smallest absolute Gasteiger partial charge is 0.162 e. The van der Waals surface area contributed by atoms with E-state index in [0.29, 0.717) is 6.54 Å². The van der Waals surface area contributed by atoms with Gasteiger partial charge in [-0.15, -0.1) is 0 Å². The van der Waals surface area contributed by atoms with Crippen LogP contribution >= 0.6 is 0 Å². The van der Waals surface area contributed by atoms with Crippen molar-refractivity contribution in [2.45, 2.75) is 25.5 Å². The number of hydrogen-bond donors (Lipinski definition) is 1. The summed E-state index contributed by atoms with van der Waals surface area (Å²) in [6.07, 6.45) is 2.18. The molecule has 0 amide bonds. The summed E-state index contributed by atoms with van der Waals surface area (Å²) >= 11 is 0. The predicted molar refractivity (Wildman–Crippen MR) is 79.0 cm³/mol. The summed E-state index contributed by atoms with van der Waals surface area (Å²) in [4.78, 5) is 0. The van der Waals surface area contributed by atoms with Crippen LogP contribution in [0.2, 0.25) is 0 Å². The highest BCUT2D eigenvalue weighted by molar-refractivity contribution is 5.44. The maximum absolute atomic E-state index is 6.19. The molecule has 0 aromatic heterocycles. The Bertz CT molecular complexity index is 610. The highest BCUT2D eigenvalue weighted by Gasteiger charge is 2.24. The van der Waals surface area contributed by atoms with Gasteiger partial charge in [-0.25, -0.2) is 0 Å². The second kappa shape index (κ2) is 5.55. The van der Waals surface area contributed by atoms with Gasteiger partial charge in [-0.05, 0) is 41.7 Å². The Morgan fingerprint density at radius 3 is 2.80 bits per heavy atom. The Kier molecular flexibility index (Phi) is 3.61. The first kappa shape index (κ1) is 13.0. The highest BCUT2D eigenvalue weighted by Crippen LogP contribution is 2.38. The van der Waals surface area contributed by atoms with Crippen molar-refractivity contribution in [2.75, 3.05) is 7.11 Å². The van der Waals surface area contributed by atoms with Gasteiger partial charge < -0.3 is 15.2 Å². The fraction of sp³-hybridized carbons (Fsp3) is 0.294. The van der Waals surface area contributed by atoms with Crippen molar-refractivity contribution in [3.63, 3.8) is 0 Å². The van der Waals surface area contributed by atoms with Crippen molar-refractivity contribution in [1.29, 1.82) is 0 Å². The molecule has 0 radical (unpaired) electrons. The summed E-state index contributed by atoms with van der Waals surface area (Å²) in [7, 11) is 1.66. The van der Waals surface area contributed by atoms with E-state index in [1.54, 1.807) is 7.11 Å². The molecule has 0 aliphatic heterocycles. The first-order valence-corrected chi connectivity index (χ1v) is 6.93. The van der Waals surface area contributed by atoms with Gasteiger partial charge in [0, 0.05) is 6.54 Å². The highest BCUT2D eigenvalue weighted by atomic mass is 16.5. The minimum absolute atomic E-state index is 0.105. The Morgan fingerprint density at radius 2 is 2.00 bits per heavy atom. The quantitative estimate of drug-likeness (QED) is 0.927. The van der Waals surface area contributed by atoms with Crippen LogP contribution in [0.5, 0.6) is 11.5 Å². The van der Waals surface area contributed by atoms with Gasteiger partial charge in [0.1, 0.15) is 6.10 Å².